The minimum atomic E-state index is -1.73. The molecule has 0 unspecified atom stereocenters. The Morgan fingerprint density at radius 2 is 1.18 bits per heavy atom. The predicted octanol–water partition coefficient (Wildman–Crippen LogP) is 9.51. The molecule has 1 heterocycles. The quantitative estimate of drug-likeness (QED) is 0.204. The van der Waals surface area contributed by atoms with Crippen LogP contribution < -0.4 is 9.80 Å². The van der Waals surface area contributed by atoms with Crippen molar-refractivity contribution in [3.05, 3.63) is 94.1 Å². The number of hydrogen-bond acceptors (Lipinski definition) is 3. The average Bonchev–Trinajstić information content (AvgIpc) is 3.22. The Labute approximate surface area is 248 Å². The Kier molecular flexibility index (Phi) is 11.0. The third-order valence-electron chi connectivity index (χ3n) is 6.12. The number of aryl methyl sites for hydroxylation is 6. The van der Waals surface area contributed by atoms with Crippen LogP contribution in [-0.2, 0) is 13.5 Å². The topological polar surface area (TPSA) is 6.48 Å². The first-order valence-corrected chi connectivity index (χ1v) is 19.1. The second kappa shape index (κ2) is 13.4. The molecule has 2 nitrogen and oxygen atoms in total. The fraction of sp³-hybridized carbons (Fsp3) is 0.375. The normalized spacial score (nSPS) is 13.8. The van der Waals surface area contributed by atoms with E-state index < -0.39 is 13.5 Å². The Balaban J connectivity index is 0.000000232. The van der Waals surface area contributed by atoms with Crippen LogP contribution >= 0.6 is 31.1 Å². The van der Waals surface area contributed by atoms with Crippen LogP contribution in [0.4, 0.5) is 11.4 Å². The fourth-order valence-electron chi connectivity index (χ4n) is 5.04. The van der Waals surface area contributed by atoms with Gasteiger partial charge in [-0.15, -0.1) is 0 Å². The average molecular weight is 657 g/mol. The van der Waals surface area contributed by atoms with Crippen molar-refractivity contribution in [2.24, 2.45) is 0 Å². The van der Waals surface area contributed by atoms with Gasteiger partial charge in [0.05, 0.1) is 0 Å². The molecule has 206 valence electrons. The summed E-state index contributed by atoms with van der Waals surface area (Å²) in [5.74, 6) is 0. The molecule has 0 aromatic heterocycles. The van der Waals surface area contributed by atoms with Crippen LogP contribution in [0.1, 0.15) is 59.7 Å². The van der Waals surface area contributed by atoms with Crippen molar-refractivity contribution >= 4 is 47.1 Å². The molecule has 3 aromatic rings. The second-order valence-electron chi connectivity index (χ2n) is 11.0. The van der Waals surface area contributed by atoms with Gasteiger partial charge in [0, 0.05) is 24.5 Å². The van der Waals surface area contributed by atoms with Gasteiger partial charge in [0.25, 0.3) is 0 Å². The zero-order chi connectivity index (χ0) is 28.2. The maximum absolute atomic E-state index is 5.90. The van der Waals surface area contributed by atoms with Gasteiger partial charge < -0.3 is 9.80 Å². The molecule has 0 saturated carbocycles. The summed E-state index contributed by atoms with van der Waals surface area (Å²) < 4.78 is 2.21. The number of hydrogen-bond donors (Lipinski definition) is 0. The van der Waals surface area contributed by atoms with Gasteiger partial charge in [0.2, 0.25) is 6.67 Å². The molecular weight excluding hydrogens is 616 g/mol. The first-order chi connectivity index (χ1) is 17.7. The SMILES string of the molecule is CC(C)(C)Sc1ccccc1[CH]=[Ru]([Cl])[Cl].Cc1cc(C)c(N2[C]N(c3c(C)cc(C)cc3C)CC2)c(C)c1. The van der Waals surface area contributed by atoms with Gasteiger partial charge in [-0.05, 0) is 63.8 Å². The molecule has 4 rings (SSSR count). The van der Waals surface area contributed by atoms with Gasteiger partial charge in [-0.25, -0.2) is 0 Å². The molecule has 38 heavy (non-hydrogen) atoms. The summed E-state index contributed by atoms with van der Waals surface area (Å²) in [7, 11) is 11.8. The van der Waals surface area contributed by atoms with E-state index in [9.17, 15) is 0 Å². The molecule has 1 aliphatic heterocycles. The van der Waals surface area contributed by atoms with Crippen molar-refractivity contribution < 1.29 is 13.5 Å². The largest absolute Gasteiger partial charge is 0.339 e. The smallest absolute Gasteiger partial charge is 0.208 e. The van der Waals surface area contributed by atoms with E-state index in [1.54, 1.807) is 0 Å². The predicted molar refractivity (Wildman–Crippen MR) is 168 cm³/mol. The van der Waals surface area contributed by atoms with E-state index in [1.165, 1.54) is 55.2 Å². The van der Waals surface area contributed by atoms with Crippen LogP contribution in [0.15, 0.2) is 53.4 Å². The van der Waals surface area contributed by atoms with Gasteiger partial charge in [0.15, 0.2) is 0 Å². The summed E-state index contributed by atoms with van der Waals surface area (Å²) in [6.07, 6.45) is 0. The maximum Gasteiger partial charge on any atom is 0.208 e. The molecule has 6 heteroatoms. The first-order valence-electron chi connectivity index (χ1n) is 12.8. The number of anilines is 2. The molecule has 0 aliphatic carbocycles. The zero-order valence-corrected chi connectivity index (χ0v) is 28.1. The van der Waals surface area contributed by atoms with E-state index in [-0.39, 0.29) is 4.75 Å². The van der Waals surface area contributed by atoms with Crippen LogP contribution in [0, 0.1) is 48.2 Å². The van der Waals surface area contributed by atoms with E-state index >= 15 is 0 Å². The molecule has 0 atom stereocenters. The molecule has 0 N–H and O–H groups in total. The standard InChI is InChI=1S/C21H26N2.C11H14S.2ClH.Ru/c1-14-9-16(3)20(17(4)10-14)22-7-8-23(13-22)21-18(5)11-15(2)12-19(21)6;1-9-7-5-6-8-10(9)12-11(2,3)4;;;/h9-12H,7-8H2,1-6H3;1,5-8H,2-4H3;2*1H;/q;;;;+2/p-2. The van der Waals surface area contributed by atoms with E-state index in [1.807, 2.05) is 28.5 Å². The Morgan fingerprint density at radius 3 is 1.58 bits per heavy atom. The summed E-state index contributed by atoms with van der Waals surface area (Å²) in [6, 6.07) is 17.3. The first kappa shape index (κ1) is 31.2. The number of rotatable bonds is 4. The van der Waals surface area contributed by atoms with Crippen LogP contribution in [0.5, 0.6) is 0 Å². The summed E-state index contributed by atoms with van der Waals surface area (Å²) in [6.45, 7) is 25.3. The molecule has 2 radical (unpaired) electrons. The van der Waals surface area contributed by atoms with Gasteiger partial charge in [-0.3, -0.25) is 0 Å². The van der Waals surface area contributed by atoms with Crippen molar-refractivity contribution in [2.75, 3.05) is 22.9 Å². The van der Waals surface area contributed by atoms with Crippen molar-refractivity contribution in [3.8, 4) is 0 Å². The van der Waals surface area contributed by atoms with Crippen molar-refractivity contribution in [3.63, 3.8) is 0 Å². The summed E-state index contributed by atoms with van der Waals surface area (Å²) in [4.78, 5) is 5.82. The molecule has 1 saturated heterocycles. The molecule has 0 amide bonds. The summed E-state index contributed by atoms with van der Waals surface area (Å²) in [5, 5.41) is 0. The van der Waals surface area contributed by atoms with E-state index in [0.717, 1.165) is 13.1 Å². The number of nitrogens with zero attached hydrogens (tertiary/aromatic N) is 2. The molecule has 3 aromatic carbocycles. The number of benzene rings is 3. The van der Waals surface area contributed by atoms with Crippen LogP contribution in [-0.4, -0.2) is 22.4 Å². The summed E-state index contributed by atoms with van der Waals surface area (Å²) >= 11 is 0.117. The van der Waals surface area contributed by atoms with Crippen molar-refractivity contribution in [1.82, 2.24) is 0 Å². The van der Waals surface area contributed by atoms with Crippen LogP contribution in [0.25, 0.3) is 0 Å². The summed E-state index contributed by atoms with van der Waals surface area (Å²) in [5.41, 5.74) is 11.7. The Morgan fingerprint density at radius 1 is 0.763 bits per heavy atom. The monoisotopic (exact) mass is 656 g/mol. The van der Waals surface area contributed by atoms with E-state index in [4.69, 9.17) is 19.4 Å². The van der Waals surface area contributed by atoms with Gasteiger partial charge >= 0.3 is 110 Å². The van der Waals surface area contributed by atoms with E-state index in [2.05, 4.69) is 115 Å². The van der Waals surface area contributed by atoms with Crippen molar-refractivity contribution in [1.29, 1.82) is 0 Å². The van der Waals surface area contributed by atoms with Gasteiger partial charge in [-0.2, -0.15) is 0 Å². The minimum absolute atomic E-state index is 0.208. The molecule has 0 bridgehead atoms. The number of halogens is 2. The Hall–Kier alpha value is -1.32. The second-order valence-corrected chi connectivity index (χ2v) is 18.6. The molecular formula is C32H40Cl2N2RuS. The van der Waals surface area contributed by atoms with Crippen LogP contribution in [0.3, 0.4) is 0 Å². The molecule has 0 spiro atoms. The maximum atomic E-state index is 5.90. The fourth-order valence-corrected chi connectivity index (χ4v) is 8.08. The van der Waals surface area contributed by atoms with Crippen molar-refractivity contribution in [2.45, 2.75) is 72.0 Å². The third kappa shape index (κ3) is 8.59. The van der Waals surface area contributed by atoms with E-state index in [0.29, 0.717) is 0 Å². The van der Waals surface area contributed by atoms with Gasteiger partial charge in [0.1, 0.15) is 0 Å². The zero-order valence-electron chi connectivity index (χ0n) is 24.0. The third-order valence-corrected chi connectivity index (χ3v) is 9.16. The minimum Gasteiger partial charge on any atom is -0.339 e. The molecule has 1 aliphatic rings. The number of thioether (sulfide) groups is 1. The van der Waals surface area contributed by atoms with Gasteiger partial charge in [-0.1, -0.05) is 35.4 Å². The molecule has 1 fully saturated rings. The van der Waals surface area contributed by atoms with Crippen LogP contribution in [0.2, 0.25) is 0 Å². The Bertz CT molecular complexity index is 1200.